The lowest BCUT2D eigenvalue weighted by Gasteiger charge is -2.14. The van der Waals surface area contributed by atoms with Crippen LogP contribution < -0.4 is 0 Å². The smallest absolute Gasteiger partial charge is 0.235 e. The Bertz CT molecular complexity index is 3450. The molecule has 4 aromatic heterocycles. The Morgan fingerprint density at radius 2 is 1.09 bits per heavy atom. The first-order chi connectivity index (χ1) is 26.3. The molecule has 0 saturated heterocycles. The van der Waals surface area contributed by atoms with Crippen LogP contribution in [-0.2, 0) is 0 Å². The minimum atomic E-state index is 0.628. The molecule has 5 nitrogen and oxygen atoms in total. The van der Waals surface area contributed by atoms with E-state index in [9.17, 15) is 0 Å². The molecule has 0 radical (unpaired) electrons. The summed E-state index contributed by atoms with van der Waals surface area (Å²) in [5, 5.41) is 10.1. The molecule has 4 heterocycles. The summed E-state index contributed by atoms with van der Waals surface area (Å²) in [5.74, 6) is 0.628. The number of furan rings is 1. The highest BCUT2D eigenvalue weighted by molar-refractivity contribution is 6.33. The van der Waals surface area contributed by atoms with E-state index in [2.05, 4.69) is 173 Å². The van der Waals surface area contributed by atoms with Crippen LogP contribution in [0, 0.1) is 0 Å². The van der Waals surface area contributed by atoms with Gasteiger partial charge in [0.05, 0.1) is 33.3 Å². The van der Waals surface area contributed by atoms with Gasteiger partial charge in [0.1, 0.15) is 11.2 Å². The number of fused-ring (bicyclic) bond motifs is 14. The van der Waals surface area contributed by atoms with Gasteiger partial charge in [0.25, 0.3) is 0 Å². The van der Waals surface area contributed by atoms with Gasteiger partial charge in [-0.25, -0.2) is 9.97 Å². The van der Waals surface area contributed by atoms with Crippen molar-refractivity contribution in [3.8, 4) is 22.9 Å². The highest BCUT2D eigenvalue weighted by Gasteiger charge is 2.25. The molecule has 246 valence electrons. The first-order valence-corrected chi connectivity index (χ1v) is 17.9. The summed E-state index contributed by atoms with van der Waals surface area (Å²) < 4.78 is 11.2. The maximum atomic E-state index is 6.47. The van der Waals surface area contributed by atoms with E-state index < -0.39 is 0 Å². The summed E-state index contributed by atoms with van der Waals surface area (Å²) in [5.41, 5.74) is 10.1. The molecule has 0 fully saturated rings. The van der Waals surface area contributed by atoms with E-state index in [1.807, 2.05) is 6.07 Å². The van der Waals surface area contributed by atoms with Gasteiger partial charge in [-0.2, -0.15) is 0 Å². The van der Waals surface area contributed by atoms with Crippen molar-refractivity contribution < 1.29 is 4.42 Å². The predicted octanol–water partition coefficient (Wildman–Crippen LogP) is 12.5. The van der Waals surface area contributed by atoms with Gasteiger partial charge >= 0.3 is 0 Å². The van der Waals surface area contributed by atoms with Gasteiger partial charge in [0.15, 0.2) is 0 Å². The lowest BCUT2D eigenvalue weighted by Crippen LogP contribution is -2.04. The van der Waals surface area contributed by atoms with Crippen LogP contribution in [0.5, 0.6) is 0 Å². The van der Waals surface area contributed by atoms with Crippen molar-refractivity contribution in [3.63, 3.8) is 0 Å². The van der Waals surface area contributed by atoms with Crippen molar-refractivity contribution in [1.82, 2.24) is 19.1 Å². The van der Waals surface area contributed by atoms with Crippen molar-refractivity contribution in [3.05, 3.63) is 170 Å². The third-order valence-electron chi connectivity index (χ3n) is 10.9. The van der Waals surface area contributed by atoms with Gasteiger partial charge in [0, 0.05) is 49.0 Å². The van der Waals surface area contributed by atoms with Gasteiger partial charge in [-0.15, -0.1) is 0 Å². The topological polar surface area (TPSA) is 48.8 Å². The van der Waals surface area contributed by atoms with Crippen molar-refractivity contribution in [2.24, 2.45) is 0 Å². The minimum absolute atomic E-state index is 0.628. The first-order valence-electron chi connectivity index (χ1n) is 17.9. The number of nitrogens with zero attached hydrogens (tertiary/aromatic N) is 4. The van der Waals surface area contributed by atoms with Gasteiger partial charge in [-0.1, -0.05) is 121 Å². The lowest BCUT2D eigenvalue weighted by atomic mass is 10.0. The number of benzene rings is 8. The zero-order valence-corrected chi connectivity index (χ0v) is 28.4. The number of rotatable bonds is 3. The van der Waals surface area contributed by atoms with E-state index in [0.29, 0.717) is 5.95 Å². The fourth-order valence-electron chi connectivity index (χ4n) is 8.72. The minimum Gasteiger partial charge on any atom is -0.456 e. The molecule has 0 saturated carbocycles. The molecule has 0 spiro atoms. The monoisotopic (exact) mass is 676 g/mol. The van der Waals surface area contributed by atoms with E-state index >= 15 is 0 Å². The zero-order chi connectivity index (χ0) is 34.6. The van der Waals surface area contributed by atoms with Crippen molar-refractivity contribution in [1.29, 1.82) is 0 Å². The van der Waals surface area contributed by atoms with Crippen LogP contribution in [0.1, 0.15) is 0 Å². The summed E-state index contributed by atoms with van der Waals surface area (Å²) in [6.07, 6.45) is 0. The molecule has 53 heavy (non-hydrogen) atoms. The van der Waals surface area contributed by atoms with Gasteiger partial charge in [-0.05, 0) is 59.3 Å². The highest BCUT2D eigenvalue weighted by atomic mass is 16.3. The number of aromatic nitrogens is 4. The Balaban J connectivity index is 1.32. The maximum Gasteiger partial charge on any atom is 0.235 e. The summed E-state index contributed by atoms with van der Waals surface area (Å²) >= 11 is 0. The molecule has 0 aliphatic carbocycles. The van der Waals surface area contributed by atoms with Gasteiger partial charge in [0.2, 0.25) is 5.95 Å². The molecule has 0 N–H and O–H groups in total. The van der Waals surface area contributed by atoms with Crippen molar-refractivity contribution in [2.45, 2.75) is 0 Å². The quantitative estimate of drug-likeness (QED) is 0.175. The largest absolute Gasteiger partial charge is 0.456 e. The summed E-state index contributed by atoms with van der Waals surface area (Å²) in [7, 11) is 0. The lowest BCUT2D eigenvalue weighted by molar-refractivity contribution is 0.669. The highest BCUT2D eigenvalue weighted by Crippen LogP contribution is 2.46. The Morgan fingerprint density at radius 3 is 1.96 bits per heavy atom. The Hall–Kier alpha value is -7.24. The molecule has 12 aromatic rings. The molecule has 0 aliphatic rings. The van der Waals surface area contributed by atoms with Crippen LogP contribution in [0.2, 0.25) is 0 Å². The van der Waals surface area contributed by atoms with Gasteiger partial charge < -0.3 is 8.98 Å². The van der Waals surface area contributed by atoms with E-state index in [-0.39, 0.29) is 0 Å². The average molecular weight is 677 g/mol. The van der Waals surface area contributed by atoms with Crippen LogP contribution >= 0.6 is 0 Å². The molecular formula is C48H28N4O. The fourth-order valence-corrected chi connectivity index (χ4v) is 8.72. The zero-order valence-electron chi connectivity index (χ0n) is 28.4. The fraction of sp³-hybridized carbons (Fsp3) is 0. The Morgan fingerprint density at radius 1 is 0.396 bits per heavy atom. The van der Waals surface area contributed by atoms with Crippen LogP contribution in [-0.4, -0.2) is 19.1 Å². The molecule has 0 amide bonds. The van der Waals surface area contributed by atoms with Crippen LogP contribution in [0.3, 0.4) is 0 Å². The SMILES string of the molecule is c1ccc(-c2nc(-n3c4ccc5oc6ccccc6c5c4c4ccc5c(c6ccccc6n5-c5ccccc5)c43)nc3ccc4ccccc4c23)cc1. The summed E-state index contributed by atoms with van der Waals surface area (Å²) in [4.78, 5) is 11.0. The van der Waals surface area contributed by atoms with E-state index in [1.54, 1.807) is 0 Å². The normalized spacial score (nSPS) is 12.2. The molecular weight excluding hydrogens is 649 g/mol. The van der Waals surface area contributed by atoms with E-state index in [1.165, 1.54) is 5.39 Å². The molecule has 0 aliphatic heterocycles. The first kappa shape index (κ1) is 28.5. The summed E-state index contributed by atoms with van der Waals surface area (Å²) in [6.45, 7) is 0. The van der Waals surface area contributed by atoms with Crippen molar-refractivity contribution in [2.75, 3.05) is 0 Å². The molecule has 12 rings (SSSR count). The molecule has 8 aromatic carbocycles. The Kier molecular flexibility index (Phi) is 5.71. The van der Waals surface area contributed by atoms with E-state index in [4.69, 9.17) is 14.4 Å². The van der Waals surface area contributed by atoms with E-state index in [0.717, 1.165) is 98.8 Å². The molecule has 5 heteroatoms. The Labute approximate surface area is 302 Å². The number of para-hydroxylation sites is 3. The second-order valence-electron chi connectivity index (χ2n) is 13.7. The molecule has 0 unspecified atom stereocenters. The summed E-state index contributed by atoms with van der Waals surface area (Å²) in [6, 6.07) is 59.8. The van der Waals surface area contributed by atoms with Crippen LogP contribution in [0.25, 0.3) is 110 Å². The predicted molar refractivity (Wildman–Crippen MR) is 218 cm³/mol. The van der Waals surface area contributed by atoms with Gasteiger partial charge in [-0.3, -0.25) is 4.57 Å². The molecule has 0 bridgehead atoms. The third kappa shape index (κ3) is 3.91. The second kappa shape index (κ2) is 10.6. The maximum absolute atomic E-state index is 6.47. The second-order valence-corrected chi connectivity index (χ2v) is 13.7. The standard InChI is InChI=1S/C48H28N4O/c1-3-14-30(15-4-1)46-42-32-18-8-7-13-29(32)23-25-36(42)49-48(50-46)52-38-27-28-41-45(34-20-10-12-22-40(34)53-41)43(38)35-24-26-39-44(47(35)52)33-19-9-11-21-37(33)51(39)31-16-5-2-6-17-31/h1-28H. The van der Waals surface area contributed by atoms with Crippen LogP contribution in [0.15, 0.2) is 174 Å². The average Bonchev–Trinajstić information content (AvgIpc) is 3.88. The third-order valence-corrected chi connectivity index (χ3v) is 10.9. The number of hydrogen-bond donors (Lipinski definition) is 0. The van der Waals surface area contributed by atoms with Crippen LogP contribution in [0.4, 0.5) is 0 Å². The number of hydrogen-bond acceptors (Lipinski definition) is 3. The molecule has 0 atom stereocenters. The van der Waals surface area contributed by atoms with Crippen molar-refractivity contribution >= 4 is 87.2 Å².